The number of sulfonamides is 1. The Morgan fingerprint density at radius 1 is 1.10 bits per heavy atom. The topological polar surface area (TPSA) is 62.7 Å². The van der Waals surface area contributed by atoms with Crippen LogP contribution in [-0.2, 0) is 16.6 Å². The largest absolute Gasteiger partial charge is 0.487 e. The van der Waals surface area contributed by atoms with E-state index in [0.717, 1.165) is 44.6 Å². The summed E-state index contributed by atoms with van der Waals surface area (Å²) in [4.78, 5) is 7.11. The molecule has 1 saturated heterocycles. The van der Waals surface area contributed by atoms with E-state index in [-0.39, 0.29) is 12.1 Å². The summed E-state index contributed by atoms with van der Waals surface area (Å²) in [5, 5.41) is 0. The van der Waals surface area contributed by atoms with Crippen molar-refractivity contribution in [3.8, 4) is 5.75 Å². The van der Waals surface area contributed by atoms with E-state index in [1.165, 1.54) is 0 Å². The average molecular weight is 430 g/mol. The molecular weight excluding hydrogens is 398 g/mol. The first-order valence-corrected chi connectivity index (χ1v) is 12.3. The number of pyridine rings is 1. The normalized spacial score (nSPS) is 24.4. The number of rotatable bonds is 5. The predicted octanol–water partition coefficient (Wildman–Crippen LogP) is 3.54. The van der Waals surface area contributed by atoms with Gasteiger partial charge in [0.05, 0.1) is 11.7 Å². The lowest BCUT2D eigenvalue weighted by molar-refractivity contribution is 0.111. The molecule has 1 aromatic heterocycles. The molecule has 2 aliphatic rings. The van der Waals surface area contributed by atoms with Crippen LogP contribution in [-0.4, -0.2) is 54.4 Å². The van der Waals surface area contributed by atoms with Crippen LogP contribution >= 0.6 is 0 Å². The van der Waals surface area contributed by atoms with E-state index in [1.807, 2.05) is 30.5 Å². The highest BCUT2D eigenvalue weighted by atomic mass is 32.2. The van der Waals surface area contributed by atoms with Gasteiger partial charge in [0.25, 0.3) is 0 Å². The number of likely N-dealkylation sites (tertiary alicyclic amines) is 1. The lowest BCUT2D eigenvalue weighted by Gasteiger charge is -2.32. The maximum Gasteiger partial charge on any atom is 0.247 e. The molecule has 0 spiro atoms. The highest BCUT2D eigenvalue weighted by Crippen LogP contribution is 2.36. The fourth-order valence-corrected chi connectivity index (χ4v) is 6.18. The summed E-state index contributed by atoms with van der Waals surface area (Å²) in [7, 11) is -3.60. The van der Waals surface area contributed by atoms with Gasteiger partial charge in [-0.15, -0.1) is 0 Å². The van der Waals surface area contributed by atoms with Gasteiger partial charge in [-0.1, -0.05) is 32.0 Å². The maximum absolute atomic E-state index is 13.6. The second kappa shape index (κ2) is 9.04. The van der Waals surface area contributed by atoms with Crippen molar-refractivity contribution >= 4 is 10.0 Å². The van der Waals surface area contributed by atoms with Crippen LogP contribution in [0.4, 0.5) is 0 Å². The Kier molecular flexibility index (Phi) is 6.41. The Balaban J connectivity index is 1.62. The van der Waals surface area contributed by atoms with Gasteiger partial charge in [-0.25, -0.2) is 8.42 Å². The third-order valence-electron chi connectivity index (χ3n) is 6.02. The molecular formula is C23H31N3O3S. The van der Waals surface area contributed by atoms with Crippen LogP contribution in [0.5, 0.6) is 5.75 Å². The molecule has 1 aromatic carbocycles. The molecule has 2 atom stereocenters. The van der Waals surface area contributed by atoms with Crippen molar-refractivity contribution in [1.29, 1.82) is 0 Å². The van der Waals surface area contributed by atoms with Crippen LogP contribution in [0.25, 0.3) is 0 Å². The molecule has 1 fully saturated rings. The highest BCUT2D eigenvalue weighted by Gasteiger charge is 2.43. The zero-order valence-electron chi connectivity index (χ0n) is 17.8. The molecule has 4 rings (SSSR count). The van der Waals surface area contributed by atoms with Crippen LogP contribution < -0.4 is 4.74 Å². The predicted molar refractivity (Wildman–Crippen MR) is 117 cm³/mol. The summed E-state index contributed by atoms with van der Waals surface area (Å²) >= 11 is 0. The Morgan fingerprint density at radius 2 is 1.87 bits per heavy atom. The van der Waals surface area contributed by atoms with Crippen molar-refractivity contribution in [3.63, 3.8) is 0 Å². The van der Waals surface area contributed by atoms with Gasteiger partial charge in [-0.3, -0.25) is 9.88 Å². The van der Waals surface area contributed by atoms with Crippen LogP contribution in [0.2, 0.25) is 0 Å². The molecule has 6 nitrogen and oxygen atoms in total. The minimum atomic E-state index is -3.60. The standard InChI is InChI=1S/C23H31N3O3S/c1-18(2)10-16-26-20-11-14-25(17-19-7-5-6-13-24-19)15-12-21(20)29-22-8-3-4-9-23(22)30(26,27)28/h3-9,13,18,20-21H,10-12,14-17H2,1-2H3/t20-,21-/m1/s1. The first-order chi connectivity index (χ1) is 14.4. The summed E-state index contributed by atoms with van der Waals surface area (Å²) in [5.74, 6) is 0.919. The van der Waals surface area contributed by atoms with Crippen LogP contribution in [0, 0.1) is 5.92 Å². The number of aromatic nitrogens is 1. The second-order valence-corrected chi connectivity index (χ2v) is 10.5. The molecule has 0 bridgehead atoms. The monoisotopic (exact) mass is 429 g/mol. The SMILES string of the molecule is CC(C)CCN1[C@@H]2CCN(Cc3ccccn3)CC[C@H]2Oc2ccccc2S1(=O)=O. The van der Waals surface area contributed by atoms with Gasteiger partial charge in [0.1, 0.15) is 16.7 Å². The summed E-state index contributed by atoms with van der Waals surface area (Å²) in [6.45, 7) is 7.25. The van der Waals surface area contributed by atoms with Crippen LogP contribution in [0.15, 0.2) is 53.6 Å². The first kappa shape index (κ1) is 21.3. The smallest absolute Gasteiger partial charge is 0.247 e. The highest BCUT2D eigenvalue weighted by molar-refractivity contribution is 7.89. The van der Waals surface area contributed by atoms with Crippen molar-refractivity contribution < 1.29 is 13.2 Å². The molecule has 0 N–H and O–H groups in total. The number of hydrogen-bond donors (Lipinski definition) is 0. The quantitative estimate of drug-likeness (QED) is 0.727. The van der Waals surface area contributed by atoms with Gasteiger partial charge in [-0.05, 0) is 49.4 Å². The molecule has 0 amide bonds. The molecule has 30 heavy (non-hydrogen) atoms. The first-order valence-electron chi connectivity index (χ1n) is 10.8. The number of fused-ring (bicyclic) bond motifs is 2. The van der Waals surface area contributed by atoms with Crippen LogP contribution in [0.1, 0.15) is 38.8 Å². The zero-order chi connectivity index (χ0) is 21.1. The van der Waals surface area contributed by atoms with Crippen molar-refractivity contribution in [2.75, 3.05) is 19.6 Å². The molecule has 0 saturated carbocycles. The molecule has 0 radical (unpaired) electrons. The maximum atomic E-state index is 13.6. The van der Waals surface area contributed by atoms with E-state index in [9.17, 15) is 8.42 Å². The number of benzene rings is 1. The van der Waals surface area contributed by atoms with Gasteiger partial charge < -0.3 is 4.74 Å². The fourth-order valence-electron chi connectivity index (χ4n) is 4.36. The fraction of sp³-hybridized carbons (Fsp3) is 0.522. The molecule has 0 aliphatic carbocycles. The van der Waals surface area contributed by atoms with E-state index in [1.54, 1.807) is 22.5 Å². The minimum absolute atomic E-state index is 0.149. The molecule has 0 unspecified atom stereocenters. The third kappa shape index (κ3) is 4.53. The zero-order valence-corrected chi connectivity index (χ0v) is 18.6. The summed E-state index contributed by atoms with van der Waals surface area (Å²) in [6, 6.07) is 12.9. The number of para-hydroxylation sites is 1. The second-order valence-electron chi connectivity index (χ2n) is 8.64. The molecule has 7 heteroatoms. The van der Waals surface area contributed by atoms with Gasteiger partial charge in [-0.2, -0.15) is 4.31 Å². The van der Waals surface area contributed by atoms with E-state index in [0.29, 0.717) is 23.1 Å². The van der Waals surface area contributed by atoms with Gasteiger partial charge in [0.2, 0.25) is 10.0 Å². The van der Waals surface area contributed by atoms with Crippen molar-refractivity contribution in [2.45, 2.75) is 56.7 Å². The van der Waals surface area contributed by atoms with Gasteiger partial charge in [0, 0.05) is 32.4 Å². The lowest BCUT2D eigenvalue weighted by Crippen LogP contribution is -2.47. The van der Waals surface area contributed by atoms with Crippen molar-refractivity contribution in [2.24, 2.45) is 5.92 Å². The number of ether oxygens (including phenoxy) is 1. The molecule has 3 heterocycles. The van der Waals surface area contributed by atoms with E-state index < -0.39 is 10.0 Å². The summed E-state index contributed by atoms with van der Waals surface area (Å²) in [5.41, 5.74) is 1.04. The number of hydrogen-bond acceptors (Lipinski definition) is 5. The lowest BCUT2D eigenvalue weighted by atomic mass is 10.0. The van der Waals surface area contributed by atoms with E-state index >= 15 is 0 Å². The Labute approximate surface area is 179 Å². The molecule has 162 valence electrons. The molecule has 2 aliphatic heterocycles. The Morgan fingerprint density at radius 3 is 2.63 bits per heavy atom. The van der Waals surface area contributed by atoms with Crippen molar-refractivity contribution in [3.05, 3.63) is 54.4 Å². The summed E-state index contributed by atoms with van der Waals surface area (Å²) in [6.07, 6.45) is 4.05. The van der Waals surface area contributed by atoms with E-state index in [2.05, 4.69) is 23.7 Å². The Hall–Kier alpha value is -1.96. The molecule has 2 aromatic rings. The van der Waals surface area contributed by atoms with Gasteiger partial charge in [0.15, 0.2) is 0 Å². The van der Waals surface area contributed by atoms with Crippen molar-refractivity contribution in [1.82, 2.24) is 14.2 Å². The Bertz CT molecular complexity index is 949. The summed E-state index contributed by atoms with van der Waals surface area (Å²) < 4.78 is 35.3. The van der Waals surface area contributed by atoms with Crippen LogP contribution in [0.3, 0.4) is 0 Å². The minimum Gasteiger partial charge on any atom is -0.487 e. The number of nitrogens with zero attached hydrogens (tertiary/aromatic N) is 3. The van der Waals surface area contributed by atoms with E-state index in [4.69, 9.17) is 4.74 Å². The third-order valence-corrected chi connectivity index (χ3v) is 7.99. The average Bonchev–Trinajstić information content (AvgIpc) is 2.96. The van der Waals surface area contributed by atoms with Gasteiger partial charge >= 0.3 is 0 Å².